The van der Waals surface area contributed by atoms with Gasteiger partial charge in [-0.2, -0.15) is 0 Å². The molecule has 196 valence electrons. The predicted octanol–water partition coefficient (Wildman–Crippen LogP) is 5.08. The Morgan fingerprint density at radius 2 is 1.73 bits per heavy atom. The Balaban J connectivity index is 1.49. The Labute approximate surface area is 227 Å². The summed E-state index contributed by atoms with van der Waals surface area (Å²) < 4.78 is 28.8. The maximum Gasteiger partial charge on any atom is 0.265 e. The van der Waals surface area contributed by atoms with E-state index in [4.69, 9.17) is 0 Å². The van der Waals surface area contributed by atoms with Crippen LogP contribution in [0.3, 0.4) is 0 Å². The molecule has 0 aromatic heterocycles. The zero-order valence-corrected chi connectivity index (χ0v) is 23.7. The van der Waals surface area contributed by atoms with Crippen LogP contribution in [0.1, 0.15) is 39.2 Å². The highest BCUT2D eigenvalue weighted by Gasteiger charge is 2.35. The summed E-state index contributed by atoms with van der Waals surface area (Å²) >= 11 is 3.47. The number of halogens is 1. The van der Waals surface area contributed by atoms with Crippen molar-refractivity contribution in [1.82, 2.24) is 10.2 Å². The Morgan fingerprint density at radius 3 is 2.43 bits per heavy atom. The first kappa shape index (κ1) is 27.1. The van der Waals surface area contributed by atoms with E-state index in [-0.39, 0.29) is 31.3 Å². The van der Waals surface area contributed by atoms with E-state index in [0.29, 0.717) is 29.5 Å². The van der Waals surface area contributed by atoms with Gasteiger partial charge in [0.1, 0.15) is 6.04 Å². The van der Waals surface area contributed by atoms with Crippen molar-refractivity contribution in [3.05, 3.63) is 70.7 Å². The number of amides is 2. The van der Waals surface area contributed by atoms with Crippen molar-refractivity contribution in [2.75, 3.05) is 17.4 Å². The Hall–Kier alpha value is -2.91. The molecule has 0 saturated heterocycles. The summed E-state index contributed by atoms with van der Waals surface area (Å²) in [5.41, 5.74) is 1.54. The molecule has 4 rings (SSSR count). The first-order valence-electron chi connectivity index (χ1n) is 12.5. The van der Waals surface area contributed by atoms with E-state index in [9.17, 15) is 18.0 Å². The molecule has 0 fully saturated rings. The molecule has 1 atom stereocenters. The van der Waals surface area contributed by atoms with Crippen molar-refractivity contribution in [3.8, 4) is 0 Å². The van der Waals surface area contributed by atoms with E-state index >= 15 is 0 Å². The number of sulfonamides is 1. The summed E-state index contributed by atoms with van der Waals surface area (Å²) in [5.74, 6) is -0.109. The van der Waals surface area contributed by atoms with E-state index in [2.05, 4.69) is 21.2 Å². The van der Waals surface area contributed by atoms with Gasteiger partial charge in [-0.1, -0.05) is 66.2 Å². The minimum absolute atomic E-state index is 0.119. The molecule has 0 spiro atoms. The maximum absolute atomic E-state index is 13.4. The molecule has 0 aliphatic carbocycles. The number of carbonyl (C=O) groups is 2. The topological polar surface area (TPSA) is 86.8 Å². The van der Waals surface area contributed by atoms with Crippen LogP contribution in [0, 0.1) is 5.92 Å². The van der Waals surface area contributed by atoms with Gasteiger partial charge in [-0.25, -0.2) is 8.42 Å². The fourth-order valence-corrected chi connectivity index (χ4v) is 6.78. The monoisotopic (exact) mass is 585 g/mol. The van der Waals surface area contributed by atoms with Crippen molar-refractivity contribution >= 4 is 54.2 Å². The van der Waals surface area contributed by atoms with Crippen molar-refractivity contribution in [2.45, 2.75) is 51.1 Å². The second-order valence-electron chi connectivity index (χ2n) is 9.78. The van der Waals surface area contributed by atoms with Gasteiger partial charge < -0.3 is 10.2 Å². The number of hydrogen-bond donors (Lipinski definition) is 1. The highest BCUT2D eigenvalue weighted by atomic mass is 79.9. The van der Waals surface area contributed by atoms with Gasteiger partial charge >= 0.3 is 0 Å². The summed E-state index contributed by atoms with van der Waals surface area (Å²) in [6.45, 7) is 6.75. The van der Waals surface area contributed by atoms with E-state index in [1.54, 1.807) is 30.0 Å². The number of hydrogen-bond acceptors (Lipinski definition) is 4. The number of anilines is 1. The van der Waals surface area contributed by atoms with Crippen molar-refractivity contribution in [3.63, 3.8) is 0 Å². The summed E-state index contributed by atoms with van der Waals surface area (Å²) in [6.07, 6.45) is 0.450. The van der Waals surface area contributed by atoms with Gasteiger partial charge in [0.05, 0.1) is 10.6 Å². The fourth-order valence-electron chi connectivity index (χ4n) is 4.58. The fraction of sp³-hybridized carbons (Fsp3) is 0.357. The minimum Gasteiger partial charge on any atom is -0.354 e. The number of rotatable bonds is 10. The third-order valence-electron chi connectivity index (χ3n) is 6.53. The summed E-state index contributed by atoms with van der Waals surface area (Å²) in [4.78, 5) is 28.2. The molecule has 37 heavy (non-hydrogen) atoms. The van der Waals surface area contributed by atoms with Crippen LogP contribution in [0.2, 0.25) is 0 Å². The van der Waals surface area contributed by atoms with E-state index in [1.165, 1.54) is 4.31 Å². The van der Waals surface area contributed by atoms with Crippen LogP contribution >= 0.6 is 15.9 Å². The average molecular weight is 587 g/mol. The van der Waals surface area contributed by atoms with Gasteiger partial charge in [-0.3, -0.25) is 13.9 Å². The smallest absolute Gasteiger partial charge is 0.265 e. The highest BCUT2D eigenvalue weighted by molar-refractivity contribution is 9.10. The van der Waals surface area contributed by atoms with Gasteiger partial charge in [0.25, 0.3) is 10.0 Å². The molecule has 2 amide bonds. The molecule has 1 aliphatic rings. The standard InChI is InChI=1S/C28H32BrN3O4S/c1-19(2)17-30-28(34)20(3)31(18-21-8-4-11-23(29)16-21)26(33)14-7-15-32-24-12-5-9-22-10-6-13-25(27(22)24)37(32,35)36/h4-6,8-13,16,19-20H,7,14-15,17-18H2,1-3H3,(H,30,34)/t20-/m1/s1. The molecule has 9 heteroatoms. The van der Waals surface area contributed by atoms with Crippen LogP contribution in [0.15, 0.2) is 70.0 Å². The number of carbonyl (C=O) groups excluding carboxylic acids is 2. The molecule has 0 bridgehead atoms. The van der Waals surface area contributed by atoms with Crippen LogP contribution in [-0.2, 0) is 26.2 Å². The van der Waals surface area contributed by atoms with Crippen LogP contribution in [0.5, 0.6) is 0 Å². The van der Waals surface area contributed by atoms with E-state index in [1.807, 2.05) is 56.3 Å². The lowest BCUT2D eigenvalue weighted by Crippen LogP contribution is -2.48. The largest absolute Gasteiger partial charge is 0.354 e. The third-order valence-corrected chi connectivity index (χ3v) is 8.88. The molecular weight excluding hydrogens is 554 g/mol. The van der Waals surface area contributed by atoms with Crippen molar-refractivity contribution in [2.24, 2.45) is 5.92 Å². The van der Waals surface area contributed by atoms with Crippen LogP contribution in [0.25, 0.3) is 10.8 Å². The first-order valence-corrected chi connectivity index (χ1v) is 14.7. The molecule has 3 aromatic rings. The van der Waals surface area contributed by atoms with Crippen LogP contribution in [-0.4, -0.2) is 44.3 Å². The maximum atomic E-state index is 13.4. The van der Waals surface area contributed by atoms with Crippen molar-refractivity contribution in [1.29, 1.82) is 0 Å². The quantitative estimate of drug-likeness (QED) is 0.359. The second kappa shape index (κ2) is 11.2. The molecule has 3 aromatic carbocycles. The minimum atomic E-state index is -3.68. The molecule has 1 heterocycles. The van der Waals surface area contributed by atoms with Gasteiger partial charge in [0.15, 0.2) is 0 Å². The Morgan fingerprint density at radius 1 is 1.03 bits per heavy atom. The Kier molecular flexibility index (Phi) is 8.23. The number of nitrogens with one attached hydrogen (secondary N) is 1. The molecule has 0 saturated carbocycles. The van der Waals surface area contributed by atoms with Gasteiger partial charge in [0, 0.05) is 35.9 Å². The molecule has 0 unspecified atom stereocenters. The normalized spacial score (nSPS) is 14.7. The van der Waals surface area contributed by atoms with Crippen LogP contribution in [0.4, 0.5) is 5.69 Å². The summed E-state index contributed by atoms with van der Waals surface area (Å²) in [6, 6.07) is 17.8. The first-order chi connectivity index (χ1) is 17.6. The molecular formula is C28H32BrN3O4S. The van der Waals surface area contributed by atoms with Gasteiger partial charge in [-0.05, 0) is 54.5 Å². The molecule has 7 nitrogen and oxygen atoms in total. The third kappa shape index (κ3) is 5.83. The number of benzene rings is 3. The van der Waals surface area contributed by atoms with Gasteiger partial charge in [0.2, 0.25) is 11.8 Å². The van der Waals surface area contributed by atoms with Gasteiger partial charge in [-0.15, -0.1) is 0 Å². The average Bonchev–Trinajstić information content (AvgIpc) is 3.08. The van der Waals surface area contributed by atoms with E-state index in [0.717, 1.165) is 20.8 Å². The molecule has 0 radical (unpaired) electrons. The number of nitrogens with zero attached hydrogens (tertiary/aromatic N) is 2. The lowest BCUT2D eigenvalue weighted by Gasteiger charge is -2.29. The predicted molar refractivity (Wildman–Crippen MR) is 150 cm³/mol. The SMILES string of the molecule is CC(C)CNC(=O)[C@@H](C)N(Cc1cccc(Br)c1)C(=O)CCCN1c2cccc3cccc(c23)S1(=O)=O. The lowest BCUT2D eigenvalue weighted by molar-refractivity contribution is -0.140. The zero-order valence-electron chi connectivity index (χ0n) is 21.3. The summed E-state index contributed by atoms with van der Waals surface area (Å²) in [7, 11) is -3.68. The summed E-state index contributed by atoms with van der Waals surface area (Å²) in [5, 5.41) is 4.52. The Bertz CT molecular complexity index is 1420. The van der Waals surface area contributed by atoms with Crippen LogP contribution < -0.4 is 9.62 Å². The van der Waals surface area contributed by atoms with Crippen molar-refractivity contribution < 1.29 is 18.0 Å². The molecule has 1 aliphatic heterocycles. The second-order valence-corrected chi connectivity index (χ2v) is 12.5. The zero-order chi connectivity index (χ0) is 26.7. The lowest BCUT2D eigenvalue weighted by atomic mass is 10.1. The molecule has 1 N–H and O–H groups in total. The highest BCUT2D eigenvalue weighted by Crippen LogP contribution is 2.42. The van der Waals surface area contributed by atoms with E-state index < -0.39 is 16.1 Å².